The van der Waals surface area contributed by atoms with Crippen molar-refractivity contribution in [2.24, 2.45) is 5.92 Å². The Balaban J connectivity index is 1.32. The van der Waals surface area contributed by atoms with Crippen molar-refractivity contribution in [3.05, 3.63) is 78.4 Å². The number of fused-ring (bicyclic) bond motifs is 1. The van der Waals surface area contributed by atoms with Crippen molar-refractivity contribution in [3.63, 3.8) is 0 Å². The SMILES string of the molecule is CCOC(=O)CCCN1C(=O)COc2ccc(N(C(=O)[C@H]3CN(C(=O)OC(C)(C)C)CCC3c3cccc(-c4ccccc4)c3)C3CC3)cc21. The fourth-order valence-electron chi connectivity index (χ4n) is 6.90. The van der Waals surface area contributed by atoms with Crippen LogP contribution in [0.1, 0.15) is 71.3 Å². The van der Waals surface area contributed by atoms with Crippen LogP contribution in [0.15, 0.2) is 72.8 Å². The molecule has 3 aliphatic rings. The molecule has 2 aliphatic heterocycles. The Hall–Kier alpha value is -4.86. The molecule has 2 heterocycles. The molecule has 1 aliphatic carbocycles. The summed E-state index contributed by atoms with van der Waals surface area (Å²) in [7, 11) is 0. The Labute approximate surface area is 294 Å². The first-order valence-corrected chi connectivity index (χ1v) is 17.7. The predicted molar refractivity (Wildman–Crippen MR) is 191 cm³/mol. The van der Waals surface area contributed by atoms with Crippen LogP contribution >= 0.6 is 0 Å². The van der Waals surface area contributed by atoms with Crippen molar-refractivity contribution in [3.8, 4) is 16.9 Å². The number of hydrogen-bond donors (Lipinski definition) is 0. The Kier molecular flexibility index (Phi) is 10.5. The second kappa shape index (κ2) is 14.9. The number of amides is 3. The molecule has 1 saturated carbocycles. The summed E-state index contributed by atoms with van der Waals surface area (Å²) in [5.41, 5.74) is 3.82. The van der Waals surface area contributed by atoms with Crippen LogP contribution in [0, 0.1) is 5.92 Å². The largest absolute Gasteiger partial charge is 0.482 e. The summed E-state index contributed by atoms with van der Waals surface area (Å²) in [6.45, 7) is 8.53. The van der Waals surface area contributed by atoms with Crippen LogP contribution in [0.25, 0.3) is 11.1 Å². The van der Waals surface area contributed by atoms with Crippen molar-refractivity contribution < 1.29 is 33.4 Å². The Morgan fingerprint density at radius 3 is 2.42 bits per heavy atom. The van der Waals surface area contributed by atoms with Gasteiger partial charge in [0.15, 0.2) is 6.61 Å². The van der Waals surface area contributed by atoms with E-state index >= 15 is 0 Å². The highest BCUT2D eigenvalue weighted by Crippen LogP contribution is 2.43. The zero-order valence-corrected chi connectivity index (χ0v) is 29.4. The Morgan fingerprint density at radius 2 is 1.70 bits per heavy atom. The summed E-state index contributed by atoms with van der Waals surface area (Å²) in [6.07, 6.45) is 2.53. The van der Waals surface area contributed by atoms with Gasteiger partial charge >= 0.3 is 12.1 Å². The van der Waals surface area contributed by atoms with E-state index in [-0.39, 0.29) is 49.3 Å². The number of likely N-dealkylation sites (tertiary alicyclic amines) is 1. The minimum atomic E-state index is -0.664. The zero-order chi connectivity index (χ0) is 35.4. The van der Waals surface area contributed by atoms with Gasteiger partial charge in [-0.2, -0.15) is 0 Å². The number of esters is 1. The highest BCUT2D eigenvalue weighted by atomic mass is 16.6. The van der Waals surface area contributed by atoms with E-state index in [1.165, 1.54) is 0 Å². The molecule has 1 unspecified atom stereocenters. The summed E-state index contributed by atoms with van der Waals surface area (Å²) in [6, 6.07) is 24.1. The monoisotopic (exact) mass is 681 g/mol. The smallest absolute Gasteiger partial charge is 0.410 e. The lowest BCUT2D eigenvalue weighted by Gasteiger charge is -2.41. The third kappa shape index (κ3) is 8.12. The molecule has 2 fully saturated rings. The molecule has 264 valence electrons. The molecule has 50 heavy (non-hydrogen) atoms. The van der Waals surface area contributed by atoms with Crippen LogP contribution in [-0.4, -0.2) is 73.3 Å². The Bertz CT molecular complexity index is 1720. The van der Waals surface area contributed by atoms with Gasteiger partial charge in [-0.3, -0.25) is 14.4 Å². The van der Waals surface area contributed by atoms with Gasteiger partial charge in [0.1, 0.15) is 11.4 Å². The average molecular weight is 682 g/mol. The summed E-state index contributed by atoms with van der Waals surface area (Å²) >= 11 is 0. The molecule has 10 heteroatoms. The molecule has 6 rings (SSSR count). The van der Waals surface area contributed by atoms with Crippen molar-refractivity contribution >= 4 is 35.3 Å². The minimum absolute atomic E-state index is 0.00577. The summed E-state index contributed by atoms with van der Waals surface area (Å²) in [5.74, 6) is -0.679. The first-order chi connectivity index (χ1) is 24.0. The highest BCUT2D eigenvalue weighted by molar-refractivity contribution is 6.01. The molecule has 3 aromatic carbocycles. The maximum absolute atomic E-state index is 15.0. The summed E-state index contributed by atoms with van der Waals surface area (Å²) < 4.78 is 16.6. The normalized spacial score (nSPS) is 18.9. The van der Waals surface area contributed by atoms with Gasteiger partial charge < -0.3 is 28.9 Å². The number of ether oxygens (including phenoxy) is 3. The van der Waals surface area contributed by atoms with Gasteiger partial charge in [0.25, 0.3) is 5.91 Å². The van der Waals surface area contributed by atoms with Crippen LogP contribution in [0.4, 0.5) is 16.2 Å². The number of piperidine rings is 1. The van der Waals surface area contributed by atoms with E-state index in [1.807, 2.05) is 68.1 Å². The zero-order valence-electron chi connectivity index (χ0n) is 29.4. The van der Waals surface area contributed by atoms with Gasteiger partial charge in [-0.1, -0.05) is 54.6 Å². The molecule has 2 atom stereocenters. The Morgan fingerprint density at radius 1 is 0.940 bits per heavy atom. The van der Waals surface area contributed by atoms with E-state index in [1.54, 1.807) is 16.7 Å². The number of anilines is 2. The third-order valence-corrected chi connectivity index (χ3v) is 9.38. The van der Waals surface area contributed by atoms with Crippen LogP contribution < -0.4 is 14.5 Å². The predicted octanol–water partition coefficient (Wildman–Crippen LogP) is 6.96. The van der Waals surface area contributed by atoms with E-state index in [2.05, 4.69) is 30.3 Å². The fourth-order valence-corrected chi connectivity index (χ4v) is 6.90. The topological polar surface area (TPSA) is 106 Å². The molecule has 0 aromatic heterocycles. The highest BCUT2D eigenvalue weighted by Gasteiger charge is 2.44. The number of nitrogens with zero attached hydrogens (tertiary/aromatic N) is 3. The van der Waals surface area contributed by atoms with Gasteiger partial charge in [0, 0.05) is 37.8 Å². The summed E-state index contributed by atoms with van der Waals surface area (Å²) in [4.78, 5) is 58.5. The fraction of sp³-hybridized carbons (Fsp3) is 0.450. The molecular weight excluding hydrogens is 634 g/mol. The quantitative estimate of drug-likeness (QED) is 0.213. The van der Waals surface area contributed by atoms with E-state index in [0.29, 0.717) is 49.7 Å². The van der Waals surface area contributed by atoms with Crippen molar-refractivity contribution in [2.75, 3.05) is 42.6 Å². The van der Waals surface area contributed by atoms with Crippen LogP contribution in [0.3, 0.4) is 0 Å². The van der Waals surface area contributed by atoms with E-state index < -0.39 is 17.6 Å². The molecule has 0 N–H and O–H groups in total. The first kappa shape index (κ1) is 35.0. The molecule has 0 spiro atoms. The summed E-state index contributed by atoms with van der Waals surface area (Å²) in [5, 5.41) is 0. The molecule has 3 aromatic rings. The van der Waals surface area contributed by atoms with Crippen molar-refractivity contribution in [1.29, 1.82) is 0 Å². The number of rotatable bonds is 10. The van der Waals surface area contributed by atoms with Crippen molar-refractivity contribution in [1.82, 2.24) is 4.90 Å². The lowest BCUT2D eigenvalue weighted by atomic mass is 9.79. The lowest BCUT2D eigenvalue weighted by molar-refractivity contribution is -0.143. The van der Waals surface area contributed by atoms with Gasteiger partial charge in [-0.25, -0.2) is 4.79 Å². The molecule has 10 nitrogen and oxygen atoms in total. The number of hydrogen-bond acceptors (Lipinski definition) is 7. The maximum Gasteiger partial charge on any atom is 0.410 e. The number of carbonyl (C=O) groups is 4. The van der Waals surface area contributed by atoms with Crippen molar-refractivity contribution in [2.45, 2.75) is 77.4 Å². The van der Waals surface area contributed by atoms with Crippen LogP contribution in [0.2, 0.25) is 0 Å². The van der Waals surface area contributed by atoms with Gasteiger partial charge in [0.05, 0.1) is 18.2 Å². The maximum atomic E-state index is 15.0. The standard InChI is InChI=1S/C40H47N3O7/c1-5-48-37(45)15-10-21-42-34-24-31(18-19-35(34)49-26-36(42)44)43(30-16-17-30)38(46)33-25-41(39(47)50-40(2,3)4)22-20-32(33)29-14-9-13-28(23-29)27-11-7-6-8-12-27/h6-9,11-14,18-19,23-24,30,32-33H,5,10,15-17,20-22,25-26H2,1-4H3/t32?,33-/m0/s1. The van der Waals surface area contributed by atoms with Crippen LogP contribution in [0.5, 0.6) is 5.75 Å². The van der Waals surface area contributed by atoms with E-state index in [9.17, 15) is 19.2 Å². The van der Waals surface area contributed by atoms with Gasteiger partial charge in [0.2, 0.25) is 5.91 Å². The van der Waals surface area contributed by atoms with E-state index in [0.717, 1.165) is 29.5 Å². The molecular formula is C40H47N3O7. The van der Waals surface area contributed by atoms with E-state index in [4.69, 9.17) is 14.2 Å². The van der Waals surface area contributed by atoms with Crippen LogP contribution in [-0.2, 0) is 23.9 Å². The van der Waals surface area contributed by atoms with Gasteiger partial charge in [-0.15, -0.1) is 0 Å². The number of carbonyl (C=O) groups excluding carboxylic acids is 4. The van der Waals surface area contributed by atoms with Gasteiger partial charge in [-0.05, 0) is 94.2 Å². The molecule has 1 saturated heterocycles. The first-order valence-electron chi connectivity index (χ1n) is 17.7. The molecule has 0 radical (unpaired) electrons. The second-order valence-electron chi connectivity index (χ2n) is 14.3. The lowest BCUT2D eigenvalue weighted by Crippen LogP contribution is -2.51. The average Bonchev–Trinajstić information content (AvgIpc) is 3.94. The minimum Gasteiger partial charge on any atom is -0.482 e. The molecule has 3 amide bonds. The number of benzene rings is 3. The third-order valence-electron chi connectivity index (χ3n) is 9.38. The second-order valence-corrected chi connectivity index (χ2v) is 14.3. The molecule has 0 bridgehead atoms.